The molecule has 0 aliphatic carbocycles. The molecule has 1 aromatic rings. The number of unbranched alkanes of at least 4 members (excludes halogenated alkanes) is 6. The number of amides is 2. The number of benzene rings is 1. The highest BCUT2D eigenvalue weighted by Crippen LogP contribution is 2.31. The Morgan fingerprint density at radius 2 is 1.67 bits per heavy atom. The van der Waals surface area contributed by atoms with Gasteiger partial charge in [0.25, 0.3) is 5.91 Å². The molecule has 0 aromatic heterocycles. The van der Waals surface area contributed by atoms with Crippen molar-refractivity contribution in [3.8, 4) is 0 Å². The van der Waals surface area contributed by atoms with Crippen LogP contribution in [0, 0.1) is 0 Å². The molecule has 5 heteroatoms. The lowest BCUT2D eigenvalue weighted by atomic mass is 9.92. The van der Waals surface area contributed by atoms with Crippen LogP contribution < -0.4 is 10.6 Å². The van der Waals surface area contributed by atoms with Crippen LogP contribution in [-0.4, -0.2) is 35.5 Å². The van der Waals surface area contributed by atoms with Crippen LogP contribution in [0.2, 0.25) is 0 Å². The van der Waals surface area contributed by atoms with Gasteiger partial charge in [-0.15, -0.1) is 0 Å². The summed E-state index contributed by atoms with van der Waals surface area (Å²) in [4.78, 5) is 26.9. The Morgan fingerprint density at radius 3 is 2.41 bits per heavy atom. The highest BCUT2D eigenvalue weighted by Gasteiger charge is 2.40. The van der Waals surface area contributed by atoms with Gasteiger partial charge in [-0.3, -0.25) is 9.59 Å². The number of rotatable bonds is 8. The Labute approximate surface area is 162 Å². The monoisotopic (exact) mass is 371 g/mol. The van der Waals surface area contributed by atoms with Crippen molar-refractivity contribution in [2.45, 2.75) is 76.8 Å². The number of carbonyl (C=O) groups excluding carboxylic acids is 2. The van der Waals surface area contributed by atoms with Gasteiger partial charge < -0.3 is 15.5 Å². The fraction of sp³-hybridized carbons (Fsp3) is 0.636. The van der Waals surface area contributed by atoms with Crippen LogP contribution in [0.4, 0.5) is 5.69 Å². The van der Waals surface area contributed by atoms with E-state index in [1.807, 2.05) is 29.2 Å². The molecule has 3 rings (SSSR count). The summed E-state index contributed by atoms with van der Waals surface area (Å²) in [5.74, 6) is 0.244. The van der Waals surface area contributed by atoms with E-state index in [1.54, 1.807) is 0 Å². The van der Waals surface area contributed by atoms with E-state index in [9.17, 15) is 9.59 Å². The first-order valence-corrected chi connectivity index (χ1v) is 10.6. The van der Waals surface area contributed by atoms with Gasteiger partial charge in [0.05, 0.1) is 5.56 Å². The van der Waals surface area contributed by atoms with Crippen LogP contribution in [0.3, 0.4) is 0 Å². The zero-order valence-corrected chi connectivity index (χ0v) is 16.6. The number of nitrogens with one attached hydrogen (secondary N) is 2. The minimum absolute atomic E-state index is 0.0211. The van der Waals surface area contributed by atoms with Gasteiger partial charge >= 0.3 is 0 Å². The van der Waals surface area contributed by atoms with Crippen LogP contribution in [0.25, 0.3) is 0 Å². The highest BCUT2D eigenvalue weighted by atomic mass is 16.2. The topological polar surface area (TPSA) is 61.4 Å². The zero-order chi connectivity index (χ0) is 19.1. The van der Waals surface area contributed by atoms with Crippen molar-refractivity contribution in [1.29, 1.82) is 0 Å². The largest absolute Gasteiger partial charge is 0.362 e. The second-order valence-corrected chi connectivity index (χ2v) is 7.96. The Hall–Kier alpha value is -2.04. The smallest absolute Gasteiger partial charge is 0.255 e. The summed E-state index contributed by atoms with van der Waals surface area (Å²) in [6, 6.07) is 7.61. The molecule has 0 bridgehead atoms. The average Bonchev–Trinajstić information content (AvgIpc) is 2.67. The zero-order valence-electron chi connectivity index (χ0n) is 16.6. The summed E-state index contributed by atoms with van der Waals surface area (Å²) in [7, 11) is 0. The predicted octanol–water partition coefficient (Wildman–Crippen LogP) is 4.30. The lowest BCUT2D eigenvalue weighted by Crippen LogP contribution is -2.62. The second-order valence-electron chi connectivity index (χ2n) is 7.96. The summed E-state index contributed by atoms with van der Waals surface area (Å²) in [5.41, 5.74) is 1.17. The summed E-state index contributed by atoms with van der Waals surface area (Å²) in [6.07, 6.45) is 10.7. The minimum Gasteiger partial charge on any atom is -0.362 e. The molecule has 2 amide bonds. The molecule has 0 saturated carbocycles. The van der Waals surface area contributed by atoms with Crippen LogP contribution in [0.1, 0.15) is 81.5 Å². The van der Waals surface area contributed by atoms with Gasteiger partial charge in [-0.05, 0) is 18.6 Å². The lowest BCUT2D eigenvalue weighted by Gasteiger charge is -2.45. The molecule has 148 valence electrons. The Bertz CT molecular complexity index is 651. The van der Waals surface area contributed by atoms with Gasteiger partial charge in [-0.1, -0.05) is 57.6 Å². The number of piperidine rings is 1. The maximum atomic E-state index is 12.5. The van der Waals surface area contributed by atoms with E-state index in [2.05, 4.69) is 17.6 Å². The highest BCUT2D eigenvalue weighted by molar-refractivity contribution is 6.02. The van der Waals surface area contributed by atoms with Crippen molar-refractivity contribution in [1.82, 2.24) is 10.2 Å². The molecule has 2 N–H and O–H groups in total. The summed E-state index contributed by atoms with van der Waals surface area (Å²) in [6.45, 7) is 3.63. The van der Waals surface area contributed by atoms with Gasteiger partial charge in [0, 0.05) is 38.0 Å². The molecule has 1 spiro atoms. The van der Waals surface area contributed by atoms with Crippen molar-refractivity contribution in [3.05, 3.63) is 29.8 Å². The quantitative estimate of drug-likeness (QED) is 0.670. The standard InChI is InChI=1S/C22H33N3O2/c1-2-3-4-5-6-7-8-13-20(26)25-16-14-22(15-17-25)23-19-12-10-9-11-18(19)21(27)24-22/h9-12,23H,2-8,13-17H2,1H3,(H,24,27). The molecular weight excluding hydrogens is 338 g/mol. The number of nitrogens with zero attached hydrogens (tertiary/aromatic N) is 1. The summed E-state index contributed by atoms with van der Waals surface area (Å²) < 4.78 is 0. The SMILES string of the molecule is CCCCCCCCCC(=O)N1CCC2(CC1)NC(=O)c1ccccc1N2. The number of fused-ring (bicyclic) bond motifs is 1. The molecule has 5 nitrogen and oxygen atoms in total. The first-order valence-electron chi connectivity index (χ1n) is 10.6. The lowest BCUT2D eigenvalue weighted by molar-refractivity contribution is -0.132. The van der Waals surface area contributed by atoms with Crippen molar-refractivity contribution in [3.63, 3.8) is 0 Å². The molecule has 2 heterocycles. The molecule has 27 heavy (non-hydrogen) atoms. The van der Waals surface area contributed by atoms with Crippen LogP contribution in [0.15, 0.2) is 24.3 Å². The average molecular weight is 372 g/mol. The normalized spacial score (nSPS) is 18.0. The van der Waals surface area contributed by atoms with Crippen LogP contribution >= 0.6 is 0 Å². The Kier molecular flexibility index (Phi) is 6.75. The third-order valence-corrected chi connectivity index (χ3v) is 5.86. The van der Waals surface area contributed by atoms with Crippen molar-refractivity contribution >= 4 is 17.5 Å². The molecule has 0 unspecified atom stereocenters. The second kappa shape index (κ2) is 9.25. The molecule has 2 aliphatic heterocycles. The van der Waals surface area contributed by atoms with Crippen LogP contribution in [0.5, 0.6) is 0 Å². The van der Waals surface area contributed by atoms with E-state index >= 15 is 0 Å². The number of anilines is 1. The minimum atomic E-state index is -0.415. The fourth-order valence-corrected chi connectivity index (χ4v) is 4.14. The number of carbonyl (C=O) groups is 2. The Balaban J connectivity index is 1.41. The molecular formula is C22H33N3O2. The third kappa shape index (κ3) is 5.02. The van der Waals surface area contributed by atoms with Gasteiger partial charge in [0.15, 0.2) is 0 Å². The third-order valence-electron chi connectivity index (χ3n) is 5.86. The first kappa shape index (κ1) is 19.7. The maximum absolute atomic E-state index is 12.5. The van der Waals surface area contributed by atoms with Crippen molar-refractivity contribution in [2.75, 3.05) is 18.4 Å². The Morgan fingerprint density at radius 1 is 1.00 bits per heavy atom. The van der Waals surface area contributed by atoms with Gasteiger partial charge in [0.1, 0.15) is 5.66 Å². The fourth-order valence-electron chi connectivity index (χ4n) is 4.14. The first-order chi connectivity index (χ1) is 13.1. The van der Waals surface area contributed by atoms with Gasteiger partial charge in [-0.25, -0.2) is 0 Å². The van der Waals surface area contributed by atoms with E-state index in [-0.39, 0.29) is 11.8 Å². The summed E-state index contributed by atoms with van der Waals surface area (Å²) in [5, 5.41) is 6.64. The molecule has 0 atom stereocenters. The number of hydrogen-bond acceptors (Lipinski definition) is 3. The number of hydrogen-bond donors (Lipinski definition) is 2. The van der Waals surface area contributed by atoms with Gasteiger partial charge in [-0.2, -0.15) is 0 Å². The molecule has 1 aromatic carbocycles. The molecule has 1 saturated heterocycles. The predicted molar refractivity (Wildman–Crippen MR) is 109 cm³/mol. The van der Waals surface area contributed by atoms with Crippen LogP contribution in [-0.2, 0) is 4.79 Å². The van der Waals surface area contributed by atoms with E-state index in [1.165, 1.54) is 32.1 Å². The van der Waals surface area contributed by atoms with E-state index in [4.69, 9.17) is 0 Å². The van der Waals surface area contributed by atoms with Gasteiger partial charge in [0.2, 0.25) is 5.91 Å². The van der Waals surface area contributed by atoms with Crippen molar-refractivity contribution < 1.29 is 9.59 Å². The molecule has 0 radical (unpaired) electrons. The van der Waals surface area contributed by atoms with Crippen molar-refractivity contribution in [2.24, 2.45) is 0 Å². The number of para-hydroxylation sites is 1. The van der Waals surface area contributed by atoms with E-state index in [0.717, 1.165) is 31.4 Å². The van der Waals surface area contributed by atoms with E-state index in [0.29, 0.717) is 25.1 Å². The summed E-state index contributed by atoms with van der Waals surface area (Å²) >= 11 is 0. The molecule has 1 fully saturated rings. The molecule has 2 aliphatic rings. The maximum Gasteiger partial charge on any atom is 0.255 e. The number of likely N-dealkylation sites (tertiary alicyclic amines) is 1. The van der Waals surface area contributed by atoms with E-state index < -0.39 is 5.66 Å².